The highest BCUT2D eigenvalue weighted by molar-refractivity contribution is 6.42. The molecule has 0 fully saturated rings. The van der Waals surface area contributed by atoms with Gasteiger partial charge in [0, 0.05) is 12.1 Å². The van der Waals surface area contributed by atoms with Crippen LogP contribution in [0.5, 0.6) is 0 Å². The zero-order valence-corrected chi connectivity index (χ0v) is 13.8. The van der Waals surface area contributed by atoms with Crippen molar-refractivity contribution in [3.8, 4) is 0 Å². The summed E-state index contributed by atoms with van der Waals surface area (Å²) in [4.78, 5) is 22.0. The smallest absolute Gasteiger partial charge is 0.358 e. The lowest BCUT2D eigenvalue weighted by molar-refractivity contribution is -0.389. The van der Waals surface area contributed by atoms with Gasteiger partial charge in [-0.3, -0.25) is 4.79 Å². The van der Waals surface area contributed by atoms with Crippen LogP contribution in [0, 0.1) is 17.0 Å². The van der Waals surface area contributed by atoms with Gasteiger partial charge in [-0.15, -0.1) is 0 Å². The maximum absolute atomic E-state index is 11.9. The van der Waals surface area contributed by atoms with Crippen LogP contribution in [0.25, 0.3) is 0 Å². The minimum Gasteiger partial charge on any atom is -0.358 e. The van der Waals surface area contributed by atoms with Crippen LogP contribution in [0.4, 0.5) is 11.5 Å². The number of nitro groups is 1. The van der Waals surface area contributed by atoms with E-state index in [0.29, 0.717) is 34.4 Å². The van der Waals surface area contributed by atoms with E-state index in [4.69, 9.17) is 23.2 Å². The molecule has 0 unspecified atom stereocenters. The molecule has 0 atom stereocenters. The van der Waals surface area contributed by atoms with Crippen LogP contribution in [-0.2, 0) is 11.3 Å². The summed E-state index contributed by atoms with van der Waals surface area (Å²) in [6.07, 6.45) is 0.764. The van der Waals surface area contributed by atoms with Gasteiger partial charge in [-0.05, 0) is 36.5 Å². The number of nitrogens with zero attached hydrogens (tertiary/aromatic N) is 3. The molecule has 0 saturated heterocycles. The summed E-state index contributed by atoms with van der Waals surface area (Å²) in [7, 11) is 0. The molecule has 0 aliphatic heterocycles. The molecule has 9 heteroatoms. The standard InChI is InChI=1S/C14H14Cl2N4O3/c1-9-7-13(20(22)23)18-19(9)6-2-3-14(21)17-10-4-5-11(15)12(16)8-10/h4-5,7-8H,2-3,6H2,1H3,(H,17,21). The van der Waals surface area contributed by atoms with Crippen molar-refractivity contribution in [1.29, 1.82) is 0 Å². The van der Waals surface area contributed by atoms with Gasteiger partial charge in [-0.1, -0.05) is 23.2 Å². The van der Waals surface area contributed by atoms with Gasteiger partial charge >= 0.3 is 5.82 Å². The number of hydrogen-bond donors (Lipinski definition) is 1. The quantitative estimate of drug-likeness (QED) is 0.628. The molecule has 0 saturated carbocycles. The predicted molar refractivity (Wildman–Crippen MR) is 87.9 cm³/mol. The Morgan fingerprint density at radius 1 is 1.35 bits per heavy atom. The van der Waals surface area contributed by atoms with Gasteiger partial charge in [0.25, 0.3) is 0 Å². The summed E-state index contributed by atoms with van der Waals surface area (Å²) in [5.41, 5.74) is 1.25. The van der Waals surface area contributed by atoms with E-state index in [0.717, 1.165) is 0 Å². The number of rotatable bonds is 6. The molecule has 1 amide bonds. The highest BCUT2D eigenvalue weighted by atomic mass is 35.5. The van der Waals surface area contributed by atoms with E-state index in [1.807, 2.05) is 0 Å². The van der Waals surface area contributed by atoms with Crippen molar-refractivity contribution >= 4 is 40.6 Å². The van der Waals surface area contributed by atoms with Gasteiger partial charge in [0.05, 0.1) is 33.4 Å². The number of nitrogens with one attached hydrogen (secondary N) is 1. The molecule has 1 N–H and O–H groups in total. The Labute approximate surface area is 142 Å². The predicted octanol–water partition coefficient (Wildman–Crippen LogP) is 3.83. The van der Waals surface area contributed by atoms with Crippen LogP contribution < -0.4 is 5.32 Å². The number of hydrogen-bond acceptors (Lipinski definition) is 4. The molecular formula is C14H14Cl2N4O3. The Morgan fingerprint density at radius 2 is 2.09 bits per heavy atom. The number of carbonyl (C=O) groups is 1. The topological polar surface area (TPSA) is 90.1 Å². The normalized spacial score (nSPS) is 10.6. The van der Waals surface area contributed by atoms with Gasteiger partial charge < -0.3 is 15.4 Å². The molecule has 2 rings (SSSR count). The van der Waals surface area contributed by atoms with Crippen molar-refractivity contribution in [2.75, 3.05) is 5.32 Å². The maximum Gasteiger partial charge on any atom is 0.390 e. The van der Waals surface area contributed by atoms with Crippen molar-refractivity contribution in [3.63, 3.8) is 0 Å². The number of aryl methyl sites for hydroxylation is 2. The molecule has 0 aliphatic rings. The summed E-state index contributed by atoms with van der Waals surface area (Å²) in [5, 5.41) is 18.0. The summed E-state index contributed by atoms with van der Waals surface area (Å²) in [6.45, 7) is 2.16. The average molecular weight is 357 g/mol. The van der Waals surface area contributed by atoms with E-state index in [2.05, 4.69) is 10.4 Å². The van der Waals surface area contributed by atoms with Gasteiger partial charge in [0.1, 0.15) is 0 Å². The number of anilines is 1. The maximum atomic E-state index is 11.9. The number of aromatic nitrogens is 2. The second kappa shape index (κ2) is 7.43. The fourth-order valence-corrected chi connectivity index (χ4v) is 2.29. The molecule has 23 heavy (non-hydrogen) atoms. The number of halogens is 2. The first-order valence-electron chi connectivity index (χ1n) is 6.80. The Bertz CT molecular complexity index is 746. The first-order chi connectivity index (χ1) is 10.9. The SMILES string of the molecule is Cc1cc([N+](=O)[O-])nn1CCCC(=O)Nc1ccc(Cl)c(Cl)c1. The van der Waals surface area contributed by atoms with Crippen molar-refractivity contribution in [3.05, 3.63) is 50.1 Å². The van der Waals surface area contributed by atoms with Crippen molar-refractivity contribution in [1.82, 2.24) is 9.78 Å². The van der Waals surface area contributed by atoms with Crippen molar-refractivity contribution in [2.24, 2.45) is 0 Å². The molecule has 1 heterocycles. The molecule has 122 valence electrons. The lowest BCUT2D eigenvalue weighted by Gasteiger charge is -2.06. The van der Waals surface area contributed by atoms with Gasteiger partial charge in [0.2, 0.25) is 5.91 Å². The van der Waals surface area contributed by atoms with Crippen LogP contribution in [0.1, 0.15) is 18.5 Å². The third-order valence-corrected chi connectivity index (χ3v) is 3.87. The molecule has 0 bridgehead atoms. The highest BCUT2D eigenvalue weighted by Crippen LogP contribution is 2.25. The van der Waals surface area contributed by atoms with E-state index >= 15 is 0 Å². The number of benzene rings is 1. The summed E-state index contributed by atoms with van der Waals surface area (Å²) in [6, 6.07) is 6.23. The fourth-order valence-electron chi connectivity index (χ4n) is 2.00. The number of amides is 1. The lowest BCUT2D eigenvalue weighted by atomic mass is 10.2. The number of carbonyl (C=O) groups excluding carboxylic acids is 1. The van der Waals surface area contributed by atoms with Crippen LogP contribution in [0.15, 0.2) is 24.3 Å². The van der Waals surface area contributed by atoms with Crippen LogP contribution in [0.3, 0.4) is 0 Å². The fraction of sp³-hybridized carbons (Fsp3) is 0.286. The molecule has 7 nitrogen and oxygen atoms in total. The second-order valence-electron chi connectivity index (χ2n) is 4.90. The van der Waals surface area contributed by atoms with Crippen LogP contribution >= 0.6 is 23.2 Å². The lowest BCUT2D eigenvalue weighted by Crippen LogP contribution is -2.13. The molecular weight excluding hydrogens is 343 g/mol. The molecule has 0 radical (unpaired) electrons. The third-order valence-electron chi connectivity index (χ3n) is 3.13. The first kappa shape index (κ1) is 17.2. The second-order valence-corrected chi connectivity index (χ2v) is 5.72. The molecule has 2 aromatic rings. The van der Waals surface area contributed by atoms with Gasteiger partial charge in [0.15, 0.2) is 0 Å². The van der Waals surface area contributed by atoms with Gasteiger partial charge in [-0.2, -0.15) is 4.68 Å². The van der Waals surface area contributed by atoms with E-state index < -0.39 is 4.92 Å². The molecule has 1 aromatic carbocycles. The van der Waals surface area contributed by atoms with E-state index in [-0.39, 0.29) is 18.1 Å². The monoisotopic (exact) mass is 356 g/mol. The minimum absolute atomic E-state index is 0.178. The van der Waals surface area contributed by atoms with Gasteiger partial charge in [-0.25, -0.2) is 0 Å². The van der Waals surface area contributed by atoms with E-state index in [1.54, 1.807) is 25.1 Å². The summed E-state index contributed by atoms with van der Waals surface area (Å²) < 4.78 is 1.52. The highest BCUT2D eigenvalue weighted by Gasteiger charge is 2.15. The van der Waals surface area contributed by atoms with E-state index in [1.165, 1.54) is 10.7 Å². The van der Waals surface area contributed by atoms with Crippen LogP contribution in [-0.4, -0.2) is 20.6 Å². The molecule has 0 spiro atoms. The Morgan fingerprint density at radius 3 is 2.70 bits per heavy atom. The Kier molecular flexibility index (Phi) is 5.57. The molecule has 1 aromatic heterocycles. The average Bonchev–Trinajstić information content (AvgIpc) is 2.85. The zero-order chi connectivity index (χ0) is 17.0. The van der Waals surface area contributed by atoms with Crippen molar-refractivity contribution < 1.29 is 9.72 Å². The Hall–Kier alpha value is -2.12. The summed E-state index contributed by atoms with van der Waals surface area (Å²) in [5.74, 6) is -0.370. The largest absolute Gasteiger partial charge is 0.390 e. The first-order valence-corrected chi connectivity index (χ1v) is 7.56. The van der Waals surface area contributed by atoms with Crippen molar-refractivity contribution in [2.45, 2.75) is 26.3 Å². The Balaban J connectivity index is 1.85. The minimum atomic E-state index is -0.541. The van der Waals surface area contributed by atoms with Crippen LogP contribution in [0.2, 0.25) is 10.0 Å². The van der Waals surface area contributed by atoms with E-state index in [9.17, 15) is 14.9 Å². The molecule has 0 aliphatic carbocycles. The zero-order valence-electron chi connectivity index (χ0n) is 12.3. The third kappa shape index (κ3) is 4.67. The summed E-state index contributed by atoms with van der Waals surface area (Å²) >= 11 is 11.7.